The summed E-state index contributed by atoms with van der Waals surface area (Å²) in [7, 11) is 0. The van der Waals surface area contributed by atoms with Gasteiger partial charge in [0.05, 0.1) is 34.9 Å². The van der Waals surface area contributed by atoms with Gasteiger partial charge in [-0.1, -0.05) is 6.92 Å². The summed E-state index contributed by atoms with van der Waals surface area (Å²) in [4.78, 5) is 47.0. The van der Waals surface area contributed by atoms with Crippen molar-refractivity contribution < 1.29 is 19.4 Å². The maximum Gasteiger partial charge on any atom is 0.283 e. The van der Waals surface area contributed by atoms with E-state index in [1.165, 1.54) is 12.1 Å². The van der Waals surface area contributed by atoms with Crippen LogP contribution in [0, 0.1) is 34.1 Å². The van der Waals surface area contributed by atoms with Gasteiger partial charge in [0, 0.05) is 18.7 Å². The van der Waals surface area contributed by atoms with Gasteiger partial charge < -0.3 is 10.6 Å². The lowest BCUT2D eigenvalue weighted by atomic mass is 9.98. The van der Waals surface area contributed by atoms with E-state index in [-0.39, 0.29) is 27.7 Å². The minimum Gasteiger partial charge on any atom is -0.349 e. The van der Waals surface area contributed by atoms with E-state index in [2.05, 4.69) is 10.6 Å². The van der Waals surface area contributed by atoms with E-state index in [0.717, 1.165) is 22.7 Å². The second-order valence-electron chi connectivity index (χ2n) is 6.67. The smallest absolute Gasteiger partial charge is 0.283 e. The van der Waals surface area contributed by atoms with Gasteiger partial charge in [0.25, 0.3) is 23.2 Å². The second kappa shape index (κ2) is 8.66. The van der Waals surface area contributed by atoms with Crippen LogP contribution in [0.5, 0.6) is 0 Å². The zero-order chi connectivity index (χ0) is 21.9. The largest absolute Gasteiger partial charge is 0.349 e. The maximum absolute atomic E-state index is 12.5. The van der Waals surface area contributed by atoms with E-state index in [9.17, 15) is 29.8 Å². The molecule has 0 unspecified atom stereocenters. The van der Waals surface area contributed by atoms with Crippen molar-refractivity contribution in [2.45, 2.75) is 39.7 Å². The molecule has 0 saturated heterocycles. The van der Waals surface area contributed by atoms with Crippen LogP contribution < -0.4 is 10.6 Å². The van der Waals surface area contributed by atoms with Crippen molar-refractivity contribution in [3.8, 4) is 0 Å². The van der Waals surface area contributed by atoms with Gasteiger partial charge in [0.2, 0.25) is 0 Å². The number of carbonyl (C=O) groups excluding carboxylic acids is 2. The summed E-state index contributed by atoms with van der Waals surface area (Å²) >= 11 is 2.05. The van der Waals surface area contributed by atoms with Crippen molar-refractivity contribution >= 4 is 45.9 Å². The van der Waals surface area contributed by atoms with Gasteiger partial charge in [0.1, 0.15) is 0 Å². The molecule has 2 heterocycles. The Balaban J connectivity index is 2.07. The Labute approximate surface area is 174 Å². The first-order valence-electron chi connectivity index (χ1n) is 8.57. The standard InChI is InChI=1S/C17H20N4O6S2/c1-5-17(4,19-16(23)14-7-12(21(26)27)10(3)29-14)8-18-15(22)13-6-11(20(24)25)9(2)28-13/h6-7H,5,8H2,1-4H3,(H,18,22)(H,19,23)/t17-/m1/s1. The molecule has 0 aromatic carbocycles. The number of thiophene rings is 2. The van der Waals surface area contributed by atoms with Crippen molar-refractivity contribution in [2.24, 2.45) is 0 Å². The molecule has 0 aliphatic heterocycles. The van der Waals surface area contributed by atoms with Gasteiger partial charge in [-0.05, 0) is 27.2 Å². The number of aryl methyl sites for hydroxylation is 2. The van der Waals surface area contributed by atoms with Crippen molar-refractivity contribution in [1.29, 1.82) is 0 Å². The van der Waals surface area contributed by atoms with Gasteiger partial charge >= 0.3 is 0 Å². The number of nitro groups is 2. The van der Waals surface area contributed by atoms with E-state index in [1.54, 1.807) is 20.8 Å². The molecule has 0 bridgehead atoms. The van der Waals surface area contributed by atoms with E-state index >= 15 is 0 Å². The summed E-state index contributed by atoms with van der Waals surface area (Å²) in [5.74, 6) is -0.935. The summed E-state index contributed by atoms with van der Waals surface area (Å²) in [6.07, 6.45) is 0.481. The number of amides is 2. The van der Waals surface area contributed by atoms with Crippen molar-refractivity contribution in [1.82, 2.24) is 10.6 Å². The molecule has 29 heavy (non-hydrogen) atoms. The molecule has 10 nitrogen and oxygen atoms in total. The lowest BCUT2D eigenvalue weighted by molar-refractivity contribution is -0.385. The lowest BCUT2D eigenvalue weighted by Crippen LogP contribution is -2.53. The lowest BCUT2D eigenvalue weighted by Gasteiger charge is -2.29. The molecule has 2 aromatic rings. The van der Waals surface area contributed by atoms with Gasteiger partial charge in [0.15, 0.2) is 0 Å². The number of carbonyl (C=O) groups is 2. The Morgan fingerprint density at radius 2 is 1.45 bits per heavy atom. The molecule has 12 heteroatoms. The van der Waals surface area contributed by atoms with Gasteiger partial charge in [-0.3, -0.25) is 29.8 Å². The fourth-order valence-corrected chi connectivity index (χ4v) is 4.27. The molecule has 2 rings (SSSR count). The molecule has 2 N–H and O–H groups in total. The molecule has 0 saturated carbocycles. The van der Waals surface area contributed by atoms with E-state index < -0.39 is 27.2 Å². The summed E-state index contributed by atoms with van der Waals surface area (Å²) in [6, 6.07) is 2.46. The molecular weight excluding hydrogens is 420 g/mol. The Morgan fingerprint density at radius 1 is 1.00 bits per heavy atom. The minimum atomic E-state index is -0.808. The zero-order valence-electron chi connectivity index (χ0n) is 16.2. The van der Waals surface area contributed by atoms with Gasteiger partial charge in [-0.15, -0.1) is 22.7 Å². The van der Waals surface area contributed by atoms with Crippen LogP contribution >= 0.6 is 22.7 Å². The van der Waals surface area contributed by atoms with Crippen LogP contribution in [0.2, 0.25) is 0 Å². The second-order valence-corrected chi connectivity index (χ2v) is 9.18. The molecular formula is C17H20N4O6S2. The average molecular weight is 441 g/mol. The third-order valence-electron chi connectivity index (χ3n) is 4.46. The summed E-state index contributed by atoms with van der Waals surface area (Å²) in [5.41, 5.74) is -1.03. The fraction of sp³-hybridized carbons (Fsp3) is 0.412. The average Bonchev–Trinajstić information content (AvgIpc) is 3.23. The summed E-state index contributed by atoms with van der Waals surface area (Å²) in [6.45, 7) is 6.79. The van der Waals surface area contributed by atoms with Crippen LogP contribution in [-0.4, -0.2) is 33.7 Å². The molecule has 0 fully saturated rings. The molecule has 2 aromatic heterocycles. The maximum atomic E-state index is 12.5. The SMILES string of the molecule is CC[C@](C)(CNC(=O)c1cc([N+](=O)[O-])c(C)s1)NC(=O)c1cc([N+](=O)[O-])c(C)s1. The zero-order valence-corrected chi connectivity index (χ0v) is 17.9. The Bertz CT molecular complexity index is 983. The Hall–Kier alpha value is -2.86. The highest BCUT2D eigenvalue weighted by Gasteiger charge is 2.29. The predicted octanol–water partition coefficient (Wildman–Crippen LogP) is 3.57. The fourth-order valence-electron chi connectivity index (χ4n) is 2.49. The van der Waals surface area contributed by atoms with E-state index in [0.29, 0.717) is 16.2 Å². The first kappa shape index (κ1) is 22.4. The predicted molar refractivity (Wildman–Crippen MR) is 110 cm³/mol. The monoisotopic (exact) mass is 440 g/mol. The number of hydrogen-bond donors (Lipinski definition) is 2. The van der Waals surface area contributed by atoms with Gasteiger partial charge in [-0.25, -0.2) is 0 Å². The quantitative estimate of drug-likeness (QED) is 0.474. The van der Waals surface area contributed by atoms with E-state index in [4.69, 9.17) is 0 Å². The van der Waals surface area contributed by atoms with Crippen LogP contribution in [0.25, 0.3) is 0 Å². The number of nitrogens with zero attached hydrogens (tertiary/aromatic N) is 2. The Morgan fingerprint density at radius 3 is 1.83 bits per heavy atom. The normalized spacial score (nSPS) is 12.8. The molecule has 2 amide bonds. The molecule has 156 valence electrons. The Kier molecular flexibility index (Phi) is 6.69. The van der Waals surface area contributed by atoms with Crippen molar-refractivity contribution in [3.63, 3.8) is 0 Å². The first-order valence-corrected chi connectivity index (χ1v) is 10.2. The molecule has 1 atom stereocenters. The highest BCUT2D eigenvalue weighted by Crippen LogP contribution is 2.29. The van der Waals surface area contributed by atoms with Crippen molar-refractivity contribution in [3.05, 3.63) is 51.9 Å². The molecule has 0 aliphatic carbocycles. The topological polar surface area (TPSA) is 144 Å². The molecule has 0 spiro atoms. The summed E-state index contributed by atoms with van der Waals surface area (Å²) < 4.78 is 0. The van der Waals surface area contributed by atoms with Crippen LogP contribution in [-0.2, 0) is 0 Å². The van der Waals surface area contributed by atoms with Crippen LogP contribution in [0.3, 0.4) is 0 Å². The third-order valence-corrected chi connectivity index (χ3v) is 6.54. The van der Waals surface area contributed by atoms with Gasteiger partial charge in [-0.2, -0.15) is 0 Å². The van der Waals surface area contributed by atoms with Crippen LogP contribution in [0.4, 0.5) is 11.4 Å². The number of nitrogens with one attached hydrogen (secondary N) is 2. The third kappa shape index (κ3) is 5.15. The molecule has 0 aliphatic rings. The minimum absolute atomic E-state index is 0.0886. The van der Waals surface area contributed by atoms with Crippen molar-refractivity contribution in [2.75, 3.05) is 6.54 Å². The molecule has 0 radical (unpaired) electrons. The number of hydrogen-bond acceptors (Lipinski definition) is 8. The van der Waals surface area contributed by atoms with E-state index in [1.807, 2.05) is 6.92 Å². The highest BCUT2D eigenvalue weighted by molar-refractivity contribution is 7.14. The summed E-state index contributed by atoms with van der Waals surface area (Å²) in [5, 5.41) is 27.4. The van der Waals surface area contributed by atoms with Crippen LogP contribution in [0.15, 0.2) is 12.1 Å². The van der Waals surface area contributed by atoms with Crippen LogP contribution in [0.1, 0.15) is 49.4 Å². The highest BCUT2D eigenvalue weighted by atomic mass is 32.1. The number of rotatable bonds is 8. The first-order chi connectivity index (χ1) is 13.5.